The first-order valence-corrected chi connectivity index (χ1v) is 13.0. The van der Waals surface area contributed by atoms with Crippen molar-refractivity contribution in [2.75, 3.05) is 7.11 Å². The Labute approximate surface area is 184 Å². The quantitative estimate of drug-likeness (QED) is 0.434. The van der Waals surface area contributed by atoms with Gasteiger partial charge in [0, 0.05) is 6.07 Å². The topological polar surface area (TPSA) is 9.23 Å². The fourth-order valence-electron chi connectivity index (χ4n) is 7.19. The molecule has 0 spiro atoms. The van der Waals surface area contributed by atoms with Gasteiger partial charge >= 0.3 is 0 Å². The molecule has 0 aromatic heterocycles. The van der Waals surface area contributed by atoms with Crippen LogP contribution in [0.3, 0.4) is 0 Å². The minimum atomic E-state index is -0.0693. The van der Waals surface area contributed by atoms with E-state index in [1.54, 1.807) is 13.2 Å². The number of fused-ring (bicyclic) bond motifs is 1. The maximum Gasteiger partial charge on any atom is 0.130 e. The Morgan fingerprint density at radius 1 is 0.800 bits per heavy atom. The summed E-state index contributed by atoms with van der Waals surface area (Å²) in [6, 6.07) is 5.46. The number of rotatable bonds is 7. The van der Waals surface area contributed by atoms with E-state index in [4.69, 9.17) is 4.74 Å². The van der Waals surface area contributed by atoms with Gasteiger partial charge < -0.3 is 4.74 Å². The summed E-state index contributed by atoms with van der Waals surface area (Å²) in [6.45, 7) is 2.34. The molecule has 3 saturated carbocycles. The van der Waals surface area contributed by atoms with Crippen LogP contribution >= 0.6 is 0 Å². The summed E-state index contributed by atoms with van der Waals surface area (Å²) >= 11 is 0. The molecule has 1 nitrogen and oxygen atoms in total. The predicted molar refractivity (Wildman–Crippen MR) is 123 cm³/mol. The Morgan fingerprint density at radius 3 is 2.13 bits per heavy atom. The lowest BCUT2D eigenvalue weighted by Crippen LogP contribution is -2.31. The molecule has 1 aromatic carbocycles. The van der Waals surface area contributed by atoms with Crippen molar-refractivity contribution in [3.05, 3.63) is 29.6 Å². The maximum atomic E-state index is 14.6. The van der Waals surface area contributed by atoms with Gasteiger partial charge in [-0.2, -0.15) is 0 Å². The number of benzene rings is 1. The highest BCUT2D eigenvalue weighted by atomic mass is 19.1. The molecule has 0 N–H and O–H groups in total. The molecule has 0 bridgehead atoms. The molecular weight excluding hydrogens is 371 g/mol. The molecule has 3 aliphatic rings. The molecule has 3 fully saturated rings. The molecule has 168 valence electrons. The lowest BCUT2D eigenvalue weighted by molar-refractivity contribution is 0.108. The fraction of sp³-hybridized carbons (Fsp3) is 0.786. The highest BCUT2D eigenvalue weighted by molar-refractivity contribution is 5.31. The van der Waals surface area contributed by atoms with Gasteiger partial charge in [-0.05, 0) is 79.2 Å². The van der Waals surface area contributed by atoms with Crippen molar-refractivity contribution < 1.29 is 9.13 Å². The van der Waals surface area contributed by atoms with Crippen LogP contribution in [0.25, 0.3) is 0 Å². The van der Waals surface area contributed by atoms with Crippen LogP contribution in [0, 0.1) is 35.4 Å². The van der Waals surface area contributed by atoms with Gasteiger partial charge in [-0.3, -0.25) is 0 Å². The Balaban J connectivity index is 1.22. The van der Waals surface area contributed by atoms with Crippen molar-refractivity contribution in [1.29, 1.82) is 0 Å². The zero-order valence-corrected chi connectivity index (χ0v) is 19.4. The molecule has 1 aromatic rings. The lowest BCUT2D eigenvalue weighted by Gasteiger charge is -2.43. The summed E-state index contributed by atoms with van der Waals surface area (Å²) in [5.74, 6) is 5.72. The third-order valence-corrected chi connectivity index (χ3v) is 9.02. The summed E-state index contributed by atoms with van der Waals surface area (Å²) in [5, 5.41) is 0. The second-order valence-electron chi connectivity index (χ2n) is 10.8. The van der Waals surface area contributed by atoms with E-state index >= 15 is 0 Å². The minimum Gasteiger partial charge on any atom is -0.497 e. The van der Waals surface area contributed by atoms with Crippen molar-refractivity contribution in [3.8, 4) is 5.75 Å². The Morgan fingerprint density at radius 2 is 1.43 bits per heavy atom. The first-order valence-electron chi connectivity index (χ1n) is 13.0. The number of methoxy groups -OCH3 is 1. The van der Waals surface area contributed by atoms with E-state index in [-0.39, 0.29) is 5.82 Å². The first kappa shape index (κ1) is 22.2. The zero-order valence-electron chi connectivity index (χ0n) is 19.4. The molecule has 0 saturated heterocycles. The van der Waals surface area contributed by atoms with Gasteiger partial charge in [0.05, 0.1) is 7.11 Å². The normalized spacial score (nSPS) is 34.4. The molecule has 2 heteroatoms. The van der Waals surface area contributed by atoms with E-state index in [1.807, 2.05) is 12.1 Å². The summed E-state index contributed by atoms with van der Waals surface area (Å²) in [7, 11) is 1.61. The van der Waals surface area contributed by atoms with Gasteiger partial charge in [0.25, 0.3) is 0 Å². The van der Waals surface area contributed by atoms with E-state index < -0.39 is 0 Å². The Kier molecular flexibility index (Phi) is 7.76. The highest BCUT2D eigenvalue weighted by Gasteiger charge is 2.36. The molecule has 30 heavy (non-hydrogen) atoms. The van der Waals surface area contributed by atoms with Crippen molar-refractivity contribution >= 4 is 0 Å². The van der Waals surface area contributed by atoms with Crippen LogP contribution in [-0.4, -0.2) is 7.11 Å². The molecule has 0 heterocycles. The molecular formula is C28H43FO. The van der Waals surface area contributed by atoms with Gasteiger partial charge in [-0.1, -0.05) is 70.8 Å². The Bertz CT molecular complexity index is 663. The Hall–Kier alpha value is -1.05. The van der Waals surface area contributed by atoms with E-state index in [9.17, 15) is 4.39 Å². The monoisotopic (exact) mass is 414 g/mol. The molecule has 4 atom stereocenters. The molecule has 4 unspecified atom stereocenters. The minimum absolute atomic E-state index is 0.0693. The SMILES string of the molecule is CCCC1CCC(CCC2CCC3CC(c4ccc(OC)cc4F)CCC3C2)CC1. The summed E-state index contributed by atoms with van der Waals surface area (Å²) < 4.78 is 19.7. The summed E-state index contributed by atoms with van der Waals surface area (Å²) in [5.41, 5.74) is 0.926. The summed E-state index contributed by atoms with van der Waals surface area (Å²) in [4.78, 5) is 0. The van der Waals surface area contributed by atoms with Crippen LogP contribution in [0.1, 0.15) is 108 Å². The van der Waals surface area contributed by atoms with Gasteiger partial charge in [-0.25, -0.2) is 4.39 Å². The smallest absolute Gasteiger partial charge is 0.130 e. The summed E-state index contributed by atoms with van der Waals surface area (Å²) in [6.07, 6.45) is 19.7. The number of ether oxygens (including phenoxy) is 1. The second kappa shape index (κ2) is 10.5. The number of halogens is 1. The third kappa shape index (κ3) is 5.40. The zero-order chi connectivity index (χ0) is 20.9. The molecule has 3 aliphatic carbocycles. The van der Waals surface area contributed by atoms with Crippen LogP contribution in [-0.2, 0) is 0 Å². The predicted octanol–water partition coefficient (Wildman–Crippen LogP) is 8.52. The van der Waals surface area contributed by atoms with Gasteiger partial charge in [0.15, 0.2) is 0 Å². The van der Waals surface area contributed by atoms with Crippen molar-refractivity contribution in [2.24, 2.45) is 29.6 Å². The molecule has 0 radical (unpaired) electrons. The van der Waals surface area contributed by atoms with Gasteiger partial charge in [0.2, 0.25) is 0 Å². The molecule has 4 rings (SSSR count). The van der Waals surface area contributed by atoms with Crippen LogP contribution < -0.4 is 4.74 Å². The van der Waals surface area contributed by atoms with E-state index in [0.717, 1.165) is 35.2 Å². The average Bonchev–Trinajstić information content (AvgIpc) is 2.78. The lowest BCUT2D eigenvalue weighted by atomic mass is 9.63. The van der Waals surface area contributed by atoms with Crippen LogP contribution in [0.15, 0.2) is 18.2 Å². The molecule has 0 aliphatic heterocycles. The largest absolute Gasteiger partial charge is 0.497 e. The van der Waals surface area contributed by atoms with Crippen molar-refractivity contribution in [1.82, 2.24) is 0 Å². The van der Waals surface area contributed by atoms with Crippen LogP contribution in [0.2, 0.25) is 0 Å². The third-order valence-electron chi connectivity index (χ3n) is 9.02. The van der Waals surface area contributed by atoms with E-state index in [1.165, 1.54) is 89.9 Å². The van der Waals surface area contributed by atoms with E-state index in [0.29, 0.717) is 11.7 Å². The van der Waals surface area contributed by atoms with E-state index in [2.05, 4.69) is 6.92 Å². The fourth-order valence-corrected chi connectivity index (χ4v) is 7.19. The second-order valence-corrected chi connectivity index (χ2v) is 10.8. The van der Waals surface area contributed by atoms with Crippen molar-refractivity contribution in [2.45, 2.75) is 103 Å². The standard InChI is InChI=1S/C28H43FO/c1-3-4-20-5-7-21(8-6-20)9-10-22-11-12-24-18-25(14-13-23(24)17-22)27-16-15-26(30-2)19-28(27)29/h15-16,19-25H,3-14,17-18H2,1-2H3. The van der Waals surface area contributed by atoms with Gasteiger partial charge in [0.1, 0.15) is 11.6 Å². The van der Waals surface area contributed by atoms with Crippen molar-refractivity contribution in [3.63, 3.8) is 0 Å². The molecule has 0 amide bonds. The average molecular weight is 415 g/mol. The van der Waals surface area contributed by atoms with Crippen LogP contribution in [0.4, 0.5) is 4.39 Å². The number of hydrogen-bond donors (Lipinski definition) is 0. The first-order chi connectivity index (χ1) is 14.7. The van der Waals surface area contributed by atoms with Gasteiger partial charge in [-0.15, -0.1) is 0 Å². The highest BCUT2D eigenvalue weighted by Crippen LogP contribution is 2.49. The number of hydrogen-bond acceptors (Lipinski definition) is 1. The maximum absolute atomic E-state index is 14.6. The van der Waals surface area contributed by atoms with Crippen LogP contribution in [0.5, 0.6) is 5.75 Å².